The normalized spacial score (nSPS) is 15.5. The van der Waals surface area contributed by atoms with Gasteiger partial charge in [0, 0.05) is 34.1 Å². The average molecular weight is 478 g/mol. The van der Waals surface area contributed by atoms with Crippen LogP contribution in [-0.4, -0.2) is 31.4 Å². The Balaban J connectivity index is 1.56. The van der Waals surface area contributed by atoms with Gasteiger partial charge in [-0.05, 0) is 25.1 Å². The van der Waals surface area contributed by atoms with Gasteiger partial charge in [-0.15, -0.1) is 11.8 Å². The molecule has 3 heterocycles. The molecule has 4 aromatic rings. The van der Waals surface area contributed by atoms with Gasteiger partial charge in [0.1, 0.15) is 18.2 Å². The molecule has 1 aliphatic heterocycles. The van der Waals surface area contributed by atoms with Gasteiger partial charge in [0.05, 0.1) is 16.7 Å². The second-order valence-electron chi connectivity index (χ2n) is 7.47. The summed E-state index contributed by atoms with van der Waals surface area (Å²) in [6.07, 6.45) is 3.29. The lowest BCUT2D eigenvalue weighted by atomic mass is 10.0. The van der Waals surface area contributed by atoms with Gasteiger partial charge >= 0.3 is 0 Å². The molecule has 0 spiro atoms. The van der Waals surface area contributed by atoms with Crippen LogP contribution in [0.5, 0.6) is 5.75 Å². The van der Waals surface area contributed by atoms with Gasteiger partial charge in [-0.2, -0.15) is 9.78 Å². The number of nitrogens with zero attached hydrogens (tertiary/aromatic N) is 4. The third-order valence-electron chi connectivity index (χ3n) is 5.29. The molecule has 1 amide bonds. The number of ether oxygens (including phenoxy) is 1. The maximum absolute atomic E-state index is 12.6. The Labute approximate surface area is 200 Å². The van der Waals surface area contributed by atoms with Gasteiger partial charge in [0.15, 0.2) is 0 Å². The third-order valence-corrected chi connectivity index (χ3v) is 6.91. The van der Waals surface area contributed by atoms with Gasteiger partial charge in [0.2, 0.25) is 5.91 Å². The lowest BCUT2D eigenvalue weighted by Gasteiger charge is -2.19. The van der Waals surface area contributed by atoms with Crippen molar-refractivity contribution in [3.05, 3.63) is 94.4 Å². The summed E-state index contributed by atoms with van der Waals surface area (Å²) in [5.74, 6) is 1.91. The van der Waals surface area contributed by atoms with Crippen molar-refractivity contribution in [3.63, 3.8) is 0 Å². The number of hydrogen-bond acceptors (Lipinski definition) is 6. The smallest absolute Gasteiger partial charge is 0.252 e. The number of fused-ring (bicyclic) bond motifs is 1. The molecular weight excluding hydrogens is 458 g/mol. The van der Waals surface area contributed by atoms with E-state index in [0.29, 0.717) is 29.1 Å². The first kappa shape index (κ1) is 21.5. The van der Waals surface area contributed by atoms with Crippen LogP contribution in [0.4, 0.5) is 5.82 Å². The number of thioether (sulfide) groups is 1. The number of hydrogen-bond donors (Lipinski definition) is 1. The number of aromatic nitrogens is 4. The van der Waals surface area contributed by atoms with Gasteiger partial charge < -0.3 is 10.1 Å². The fourth-order valence-corrected chi connectivity index (χ4v) is 5.18. The summed E-state index contributed by atoms with van der Waals surface area (Å²) in [7, 11) is 0. The summed E-state index contributed by atoms with van der Waals surface area (Å²) in [5, 5.41) is 8.15. The molecule has 0 aliphatic carbocycles. The van der Waals surface area contributed by atoms with Gasteiger partial charge in [-0.3, -0.25) is 4.79 Å². The van der Waals surface area contributed by atoms with E-state index in [1.165, 1.54) is 11.8 Å². The largest absolute Gasteiger partial charge is 0.489 e. The van der Waals surface area contributed by atoms with Crippen molar-refractivity contribution in [1.82, 2.24) is 19.7 Å². The maximum atomic E-state index is 12.6. The zero-order valence-electron chi connectivity index (χ0n) is 17.7. The van der Waals surface area contributed by atoms with Crippen LogP contribution in [0, 0.1) is 6.92 Å². The van der Waals surface area contributed by atoms with E-state index < -0.39 is 0 Å². The quantitative estimate of drug-likeness (QED) is 0.436. The summed E-state index contributed by atoms with van der Waals surface area (Å²) in [4.78, 5) is 21.2. The van der Waals surface area contributed by atoms with Crippen molar-refractivity contribution in [2.24, 2.45) is 0 Å². The van der Waals surface area contributed by atoms with Crippen molar-refractivity contribution in [3.8, 4) is 11.7 Å². The molecular formula is C24H20ClN5O2S. The first-order valence-electron chi connectivity index (χ1n) is 10.4. The van der Waals surface area contributed by atoms with Gasteiger partial charge in [-0.25, -0.2) is 9.97 Å². The van der Waals surface area contributed by atoms with E-state index in [2.05, 4.69) is 20.4 Å². The fraction of sp³-hybridized carbons (Fsp3) is 0.167. The molecule has 2 aromatic heterocycles. The molecule has 1 aliphatic rings. The number of amides is 1. The van der Waals surface area contributed by atoms with Crippen LogP contribution in [-0.2, 0) is 11.4 Å². The van der Waals surface area contributed by atoms with E-state index in [1.807, 2.05) is 55.5 Å². The number of carbonyl (C=O) groups excluding carboxylic acids is 1. The molecule has 5 rings (SSSR count). The second-order valence-corrected chi connectivity index (χ2v) is 8.97. The predicted molar refractivity (Wildman–Crippen MR) is 129 cm³/mol. The SMILES string of the molecule is Cc1nn(-c2ncccn2)c2c1[C@H](c1ccccc1OCc1ccccc1Cl)SCC(=O)N2. The van der Waals surface area contributed by atoms with Crippen LogP contribution in [0.1, 0.15) is 27.6 Å². The van der Waals surface area contributed by atoms with Crippen molar-refractivity contribution in [1.29, 1.82) is 0 Å². The zero-order chi connectivity index (χ0) is 22.8. The number of benzene rings is 2. The summed E-state index contributed by atoms with van der Waals surface area (Å²) in [5.41, 5.74) is 3.57. The van der Waals surface area contributed by atoms with Crippen LogP contribution in [0.2, 0.25) is 5.02 Å². The minimum absolute atomic E-state index is 0.102. The number of para-hydroxylation sites is 1. The lowest BCUT2D eigenvalue weighted by Crippen LogP contribution is -2.16. The first-order valence-corrected chi connectivity index (χ1v) is 11.8. The molecule has 33 heavy (non-hydrogen) atoms. The highest BCUT2D eigenvalue weighted by molar-refractivity contribution is 8.00. The molecule has 9 heteroatoms. The Hall–Kier alpha value is -3.36. The standard InChI is InChI=1S/C24H20ClN5O2S/c1-15-21-22(17-8-3-5-10-19(17)32-13-16-7-2-4-9-18(16)25)33-14-20(31)28-23(21)30(29-15)24-26-11-6-12-27-24/h2-12,22H,13-14H2,1H3,(H,28,31)/t22-/m0/s1. The molecule has 0 saturated heterocycles. The Kier molecular flexibility index (Phi) is 6.02. The van der Waals surface area contributed by atoms with Crippen LogP contribution in [0.25, 0.3) is 5.95 Å². The molecule has 0 saturated carbocycles. The maximum Gasteiger partial charge on any atom is 0.252 e. The fourth-order valence-electron chi connectivity index (χ4n) is 3.77. The number of nitrogens with one attached hydrogen (secondary N) is 1. The van der Waals surface area contributed by atoms with Crippen LogP contribution >= 0.6 is 23.4 Å². The number of aryl methyl sites for hydroxylation is 1. The second kappa shape index (κ2) is 9.25. The van der Waals surface area contributed by atoms with Crippen molar-refractivity contribution < 1.29 is 9.53 Å². The molecule has 0 fully saturated rings. The molecule has 0 radical (unpaired) electrons. The molecule has 1 N–H and O–H groups in total. The Bertz CT molecular complexity index is 1310. The predicted octanol–water partition coefficient (Wildman–Crippen LogP) is 4.98. The van der Waals surface area contributed by atoms with E-state index in [4.69, 9.17) is 16.3 Å². The van der Waals surface area contributed by atoms with Crippen molar-refractivity contribution >= 4 is 35.1 Å². The molecule has 166 valence electrons. The Morgan fingerprint density at radius 2 is 1.88 bits per heavy atom. The highest BCUT2D eigenvalue weighted by Gasteiger charge is 2.32. The topological polar surface area (TPSA) is 81.9 Å². The van der Waals surface area contributed by atoms with Crippen molar-refractivity contribution in [2.75, 3.05) is 11.1 Å². The van der Waals surface area contributed by atoms with Gasteiger partial charge in [-0.1, -0.05) is 48.0 Å². The van der Waals surface area contributed by atoms with Crippen LogP contribution in [0.15, 0.2) is 67.0 Å². The number of halogens is 1. The van der Waals surface area contributed by atoms with Crippen LogP contribution < -0.4 is 10.1 Å². The summed E-state index contributed by atoms with van der Waals surface area (Å²) in [6, 6.07) is 17.2. The van der Waals surface area contributed by atoms with Crippen molar-refractivity contribution in [2.45, 2.75) is 18.8 Å². The van der Waals surface area contributed by atoms with E-state index >= 15 is 0 Å². The molecule has 0 unspecified atom stereocenters. The molecule has 2 aromatic carbocycles. The minimum atomic E-state index is -0.168. The lowest BCUT2D eigenvalue weighted by molar-refractivity contribution is -0.113. The van der Waals surface area contributed by atoms with E-state index in [0.717, 1.165) is 28.1 Å². The third kappa shape index (κ3) is 4.31. The monoisotopic (exact) mass is 477 g/mol. The molecule has 7 nitrogen and oxygen atoms in total. The summed E-state index contributed by atoms with van der Waals surface area (Å²) >= 11 is 7.85. The van der Waals surface area contributed by atoms with E-state index in [9.17, 15) is 4.79 Å². The molecule has 0 bridgehead atoms. The summed E-state index contributed by atoms with van der Waals surface area (Å²) in [6.45, 7) is 2.27. The Morgan fingerprint density at radius 3 is 2.70 bits per heavy atom. The van der Waals surface area contributed by atoms with E-state index in [-0.39, 0.29) is 11.2 Å². The number of anilines is 1. The highest BCUT2D eigenvalue weighted by Crippen LogP contribution is 2.46. The number of carbonyl (C=O) groups is 1. The van der Waals surface area contributed by atoms with Gasteiger partial charge in [0.25, 0.3) is 5.95 Å². The van der Waals surface area contributed by atoms with E-state index in [1.54, 1.807) is 23.1 Å². The Morgan fingerprint density at radius 1 is 1.12 bits per heavy atom. The zero-order valence-corrected chi connectivity index (χ0v) is 19.3. The molecule has 1 atom stereocenters. The average Bonchev–Trinajstić information content (AvgIpc) is 3.04. The minimum Gasteiger partial charge on any atom is -0.489 e. The summed E-state index contributed by atoms with van der Waals surface area (Å²) < 4.78 is 7.81. The van der Waals surface area contributed by atoms with Crippen LogP contribution in [0.3, 0.4) is 0 Å². The highest BCUT2D eigenvalue weighted by atomic mass is 35.5. The number of rotatable bonds is 5. The first-order chi connectivity index (χ1) is 16.1.